The van der Waals surface area contributed by atoms with Gasteiger partial charge in [-0.25, -0.2) is 4.98 Å². The molecule has 1 N–H and O–H groups in total. The molecule has 0 aliphatic rings. The van der Waals surface area contributed by atoms with Crippen LogP contribution in [0.15, 0.2) is 30.3 Å². The van der Waals surface area contributed by atoms with Crippen LogP contribution >= 0.6 is 11.6 Å². The van der Waals surface area contributed by atoms with Gasteiger partial charge in [0, 0.05) is 11.8 Å². The fraction of sp³-hybridized carbons (Fsp3) is 0.286. The van der Waals surface area contributed by atoms with E-state index in [1.54, 1.807) is 13.2 Å². The molecule has 0 radical (unpaired) electrons. The van der Waals surface area contributed by atoms with Crippen LogP contribution in [0.25, 0.3) is 0 Å². The van der Waals surface area contributed by atoms with Gasteiger partial charge in [0.25, 0.3) is 0 Å². The average Bonchev–Trinajstić information content (AvgIpc) is 2.38. The van der Waals surface area contributed by atoms with Crippen LogP contribution in [0.1, 0.15) is 23.7 Å². The molecule has 5 heteroatoms. The van der Waals surface area contributed by atoms with Crippen LogP contribution in [0.2, 0.25) is 0 Å². The molecule has 2 rings (SSSR count). The van der Waals surface area contributed by atoms with Crippen LogP contribution in [0.3, 0.4) is 0 Å². The number of para-hydroxylation sites is 1. The van der Waals surface area contributed by atoms with Crippen molar-refractivity contribution in [2.45, 2.75) is 19.2 Å². The Morgan fingerprint density at radius 3 is 2.68 bits per heavy atom. The largest absolute Gasteiger partial charge is 0.481 e. The molecular formula is C14H16ClN3O. The van der Waals surface area contributed by atoms with E-state index in [4.69, 9.17) is 16.3 Å². The maximum atomic E-state index is 6.17. The van der Waals surface area contributed by atoms with Crippen molar-refractivity contribution < 1.29 is 4.74 Å². The van der Waals surface area contributed by atoms with Crippen molar-refractivity contribution in [1.29, 1.82) is 0 Å². The number of halogens is 1. The van der Waals surface area contributed by atoms with Gasteiger partial charge in [-0.05, 0) is 25.5 Å². The van der Waals surface area contributed by atoms with Crippen molar-refractivity contribution in [1.82, 2.24) is 9.97 Å². The molecule has 1 aromatic carbocycles. The number of aryl methyl sites for hydroxylation is 1. The highest BCUT2D eigenvalue weighted by molar-refractivity contribution is 6.21. The third-order valence-electron chi connectivity index (χ3n) is 2.68. The second-order valence-electron chi connectivity index (χ2n) is 4.17. The topological polar surface area (TPSA) is 47.0 Å². The Morgan fingerprint density at radius 1 is 1.26 bits per heavy atom. The standard InChI is InChI=1S/C14H16ClN3O/c1-9(15)11-6-4-5-7-12(11)18-13-8-14(19-3)17-10(2)16-13/h4-9H,1-3H3,(H,16,17,18). The number of nitrogens with zero attached hydrogens (tertiary/aromatic N) is 2. The maximum Gasteiger partial charge on any atom is 0.218 e. The minimum Gasteiger partial charge on any atom is -0.481 e. The van der Waals surface area contributed by atoms with E-state index in [0.29, 0.717) is 17.5 Å². The van der Waals surface area contributed by atoms with E-state index in [2.05, 4.69) is 15.3 Å². The molecule has 0 amide bonds. The van der Waals surface area contributed by atoms with E-state index < -0.39 is 0 Å². The summed E-state index contributed by atoms with van der Waals surface area (Å²) in [5.74, 6) is 1.87. The molecule has 0 spiro atoms. The normalized spacial score (nSPS) is 12.0. The van der Waals surface area contributed by atoms with E-state index in [1.165, 1.54) is 0 Å². The SMILES string of the molecule is COc1cc(Nc2ccccc2C(C)Cl)nc(C)n1. The van der Waals surface area contributed by atoms with E-state index in [0.717, 1.165) is 11.3 Å². The Balaban J connectivity index is 2.33. The molecule has 0 bridgehead atoms. The van der Waals surface area contributed by atoms with Crippen molar-refractivity contribution >= 4 is 23.1 Å². The summed E-state index contributed by atoms with van der Waals surface area (Å²) in [6.45, 7) is 3.76. The van der Waals surface area contributed by atoms with Gasteiger partial charge < -0.3 is 10.1 Å². The Labute approximate surface area is 117 Å². The minimum absolute atomic E-state index is 0.0754. The highest BCUT2D eigenvalue weighted by Crippen LogP contribution is 2.29. The van der Waals surface area contributed by atoms with E-state index >= 15 is 0 Å². The summed E-state index contributed by atoms with van der Waals surface area (Å²) in [6, 6.07) is 9.63. The number of anilines is 2. The number of aromatic nitrogens is 2. The van der Waals surface area contributed by atoms with Gasteiger partial charge in [0.1, 0.15) is 11.6 Å². The average molecular weight is 278 g/mol. The number of hydrogen-bond acceptors (Lipinski definition) is 4. The lowest BCUT2D eigenvalue weighted by atomic mass is 10.1. The van der Waals surface area contributed by atoms with Crippen LogP contribution < -0.4 is 10.1 Å². The Kier molecular flexibility index (Phi) is 4.22. The summed E-state index contributed by atoms with van der Waals surface area (Å²) in [6.07, 6.45) is 0. The molecule has 0 fully saturated rings. The van der Waals surface area contributed by atoms with E-state index in [1.807, 2.05) is 38.1 Å². The molecule has 2 aromatic rings. The fourth-order valence-corrected chi connectivity index (χ4v) is 1.99. The monoisotopic (exact) mass is 277 g/mol. The molecule has 1 unspecified atom stereocenters. The number of hydrogen-bond donors (Lipinski definition) is 1. The van der Waals surface area contributed by atoms with Crippen LogP contribution in [0.5, 0.6) is 5.88 Å². The first-order valence-corrected chi connectivity index (χ1v) is 6.43. The molecule has 0 aliphatic carbocycles. The van der Waals surface area contributed by atoms with Gasteiger partial charge in [0.2, 0.25) is 5.88 Å². The van der Waals surface area contributed by atoms with Gasteiger partial charge in [-0.3, -0.25) is 0 Å². The smallest absolute Gasteiger partial charge is 0.218 e. The number of benzene rings is 1. The van der Waals surface area contributed by atoms with Gasteiger partial charge in [-0.2, -0.15) is 4.98 Å². The van der Waals surface area contributed by atoms with E-state index in [-0.39, 0.29) is 5.38 Å². The lowest BCUT2D eigenvalue weighted by Crippen LogP contribution is -2.01. The second-order valence-corrected chi connectivity index (χ2v) is 4.83. The lowest BCUT2D eigenvalue weighted by Gasteiger charge is -2.13. The second kappa shape index (κ2) is 5.89. The quantitative estimate of drug-likeness (QED) is 0.863. The first kappa shape index (κ1) is 13.6. The maximum absolute atomic E-state index is 6.17. The summed E-state index contributed by atoms with van der Waals surface area (Å²) < 4.78 is 5.13. The minimum atomic E-state index is -0.0754. The third-order valence-corrected chi connectivity index (χ3v) is 2.91. The third kappa shape index (κ3) is 3.35. The van der Waals surface area contributed by atoms with Crippen molar-refractivity contribution in [3.63, 3.8) is 0 Å². The molecule has 1 atom stereocenters. The summed E-state index contributed by atoms with van der Waals surface area (Å²) in [5, 5.41) is 3.18. The van der Waals surface area contributed by atoms with Gasteiger partial charge in [-0.15, -0.1) is 11.6 Å². The van der Waals surface area contributed by atoms with Crippen LogP contribution in [0, 0.1) is 6.92 Å². The first-order valence-electron chi connectivity index (χ1n) is 6.00. The van der Waals surface area contributed by atoms with Crippen molar-refractivity contribution in [3.05, 3.63) is 41.7 Å². The number of nitrogens with one attached hydrogen (secondary N) is 1. The van der Waals surface area contributed by atoms with Crippen molar-refractivity contribution in [2.24, 2.45) is 0 Å². The highest BCUT2D eigenvalue weighted by atomic mass is 35.5. The summed E-state index contributed by atoms with van der Waals surface area (Å²) in [5.41, 5.74) is 1.96. The zero-order chi connectivity index (χ0) is 13.8. The Bertz CT molecular complexity index is 572. The Morgan fingerprint density at radius 2 is 2.00 bits per heavy atom. The molecule has 1 heterocycles. The van der Waals surface area contributed by atoms with Crippen LogP contribution in [0.4, 0.5) is 11.5 Å². The highest BCUT2D eigenvalue weighted by Gasteiger charge is 2.09. The number of ether oxygens (including phenoxy) is 1. The molecule has 100 valence electrons. The molecule has 0 saturated heterocycles. The number of alkyl halides is 1. The van der Waals surface area contributed by atoms with Gasteiger partial charge in [0.05, 0.1) is 12.5 Å². The molecule has 1 aromatic heterocycles. The van der Waals surface area contributed by atoms with Crippen molar-refractivity contribution in [3.8, 4) is 5.88 Å². The van der Waals surface area contributed by atoms with Gasteiger partial charge >= 0.3 is 0 Å². The van der Waals surface area contributed by atoms with Crippen molar-refractivity contribution in [2.75, 3.05) is 12.4 Å². The predicted octanol–water partition coefficient (Wildman–Crippen LogP) is 3.84. The zero-order valence-electron chi connectivity index (χ0n) is 11.1. The summed E-state index contributed by atoms with van der Waals surface area (Å²) in [4.78, 5) is 8.48. The summed E-state index contributed by atoms with van der Waals surface area (Å²) >= 11 is 6.17. The molecule has 19 heavy (non-hydrogen) atoms. The lowest BCUT2D eigenvalue weighted by molar-refractivity contribution is 0.396. The zero-order valence-corrected chi connectivity index (χ0v) is 11.9. The van der Waals surface area contributed by atoms with Crippen LogP contribution in [-0.2, 0) is 0 Å². The molecular weight excluding hydrogens is 262 g/mol. The predicted molar refractivity (Wildman–Crippen MR) is 77.3 cm³/mol. The number of methoxy groups -OCH3 is 1. The first-order chi connectivity index (χ1) is 9.10. The Hall–Kier alpha value is -1.81. The van der Waals surface area contributed by atoms with Gasteiger partial charge in [0.15, 0.2) is 0 Å². The molecule has 0 aliphatic heterocycles. The fourth-order valence-electron chi connectivity index (χ4n) is 1.80. The van der Waals surface area contributed by atoms with Gasteiger partial charge in [-0.1, -0.05) is 18.2 Å². The van der Waals surface area contributed by atoms with Crippen LogP contribution in [-0.4, -0.2) is 17.1 Å². The molecule has 0 saturated carbocycles. The summed E-state index contributed by atoms with van der Waals surface area (Å²) in [7, 11) is 1.58. The molecule has 4 nitrogen and oxygen atoms in total. The number of rotatable bonds is 4. The van der Waals surface area contributed by atoms with E-state index in [9.17, 15) is 0 Å².